The van der Waals surface area contributed by atoms with Gasteiger partial charge in [0.1, 0.15) is 11.5 Å². The van der Waals surface area contributed by atoms with Crippen molar-refractivity contribution in [3.63, 3.8) is 0 Å². The van der Waals surface area contributed by atoms with Crippen molar-refractivity contribution in [2.45, 2.75) is 53.4 Å². The third kappa shape index (κ3) is 4.76. The van der Waals surface area contributed by atoms with E-state index in [0.717, 1.165) is 12.2 Å². The summed E-state index contributed by atoms with van der Waals surface area (Å²) in [5.74, 6) is 1.17. The number of hydrogen-bond acceptors (Lipinski definition) is 3. The zero-order valence-corrected chi connectivity index (χ0v) is 13.3. The Labute approximate surface area is 120 Å². The van der Waals surface area contributed by atoms with E-state index in [1.165, 1.54) is 5.57 Å². The minimum atomic E-state index is -0.384. The highest BCUT2D eigenvalue weighted by molar-refractivity contribution is 5.19. The average Bonchev–Trinajstić information content (AvgIpc) is 2.85. The standard InChI is InChI=1S/C9H14O.C7H11NO2/c1-7-5-8(6-10-7)9(2,3)4;1-7(2,3)5-4-8-6(9)10-5/h6H,1,5H2,2-4H3;4H,1-3H3,(H,8,9). The Hall–Kier alpha value is -1.71. The molecule has 0 aliphatic carbocycles. The molecule has 4 nitrogen and oxygen atoms in total. The smallest absolute Gasteiger partial charge is 0.416 e. The first-order valence-corrected chi connectivity index (χ1v) is 6.73. The summed E-state index contributed by atoms with van der Waals surface area (Å²) in [6.45, 7) is 16.2. The molecule has 2 rings (SSSR count). The highest BCUT2D eigenvalue weighted by atomic mass is 16.5. The number of rotatable bonds is 0. The van der Waals surface area contributed by atoms with E-state index in [-0.39, 0.29) is 16.6 Å². The Kier molecular flexibility index (Phi) is 4.69. The van der Waals surface area contributed by atoms with Crippen molar-refractivity contribution in [2.24, 2.45) is 5.41 Å². The van der Waals surface area contributed by atoms with Crippen LogP contribution in [0.2, 0.25) is 0 Å². The van der Waals surface area contributed by atoms with Crippen molar-refractivity contribution in [2.75, 3.05) is 0 Å². The van der Waals surface area contributed by atoms with Crippen LogP contribution in [0.25, 0.3) is 0 Å². The lowest BCUT2D eigenvalue weighted by Crippen LogP contribution is -2.09. The van der Waals surface area contributed by atoms with Gasteiger partial charge in [-0.25, -0.2) is 4.79 Å². The van der Waals surface area contributed by atoms with Crippen molar-refractivity contribution in [1.29, 1.82) is 0 Å². The van der Waals surface area contributed by atoms with Gasteiger partial charge in [0.2, 0.25) is 0 Å². The summed E-state index contributed by atoms with van der Waals surface area (Å²) in [4.78, 5) is 13.0. The number of ether oxygens (including phenoxy) is 1. The number of aromatic nitrogens is 1. The van der Waals surface area contributed by atoms with Crippen molar-refractivity contribution in [3.05, 3.63) is 46.7 Å². The molecule has 20 heavy (non-hydrogen) atoms. The quantitative estimate of drug-likeness (QED) is 0.777. The molecule has 0 bridgehead atoms. The van der Waals surface area contributed by atoms with Gasteiger partial charge in [0.25, 0.3) is 0 Å². The molecule has 1 aliphatic heterocycles. The van der Waals surface area contributed by atoms with Gasteiger partial charge in [0.05, 0.1) is 6.26 Å². The molecule has 0 unspecified atom stereocenters. The van der Waals surface area contributed by atoms with Crippen LogP contribution in [0, 0.1) is 5.41 Å². The van der Waals surface area contributed by atoms with E-state index in [2.05, 4.69) is 32.3 Å². The third-order valence-corrected chi connectivity index (χ3v) is 2.98. The van der Waals surface area contributed by atoms with Gasteiger partial charge in [-0.3, -0.25) is 4.98 Å². The van der Waals surface area contributed by atoms with Gasteiger partial charge in [-0.1, -0.05) is 48.1 Å². The summed E-state index contributed by atoms with van der Waals surface area (Å²) < 4.78 is 9.97. The molecule has 0 fully saturated rings. The monoisotopic (exact) mass is 279 g/mol. The van der Waals surface area contributed by atoms with Crippen molar-refractivity contribution in [1.82, 2.24) is 4.98 Å². The number of oxazole rings is 1. The van der Waals surface area contributed by atoms with Gasteiger partial charge in [-0.2, -0.15) is 0 Å². The molecule has 1 aromatic rings. The van der Waals surface area contributed by atoms with Crippen LogP contribution < -0.4 is 5.76 Å². The molecule has 0 radical (unpaired) electrons. The number of aromatic amines is 1. The second-order valence-corrected chi connectivity index (χ2v) is 7.02. The van der Waals surface area contributed by atoms with Crippen LogP contribution in [0.4, 0.5) is 0 Å². The van der Waals surface area contributed by atoms with Crippen LogP contribution in [-0.4, -0.2) is 4.98 Å². The Balaban J connectivity index is 0.000000200. The summed E-state index contributed by atoms with van der Waals surface area (Å²) in [5, 5.41) is 0. The zero-order chi connectivity index (χ0) is 15.6. The molecule has 0 aromatic carbocycles. The number of hydrogen-bond donors (Lipinski definition) is 1. The number of H-pyrrole nitrogens is 1. The first kappa shape index (κ1) is 16.3. The molecule has 4 heteroatoms. The fourth-order valence-corrected chi connectivity index (χ4v) is 1.55. The Morgan fingerprint density at radius 2 is 1.75 bits per heavy atom. The van der Waals surface area contributed by atoms with Gasteiger partial charge in [0.15, 0.2) is 0 Å². The molecule has 1 aromatic heterocycles. The van der Waals surface area contributed by atoms with E-state index in [1.807, 2.05) is 27.0 Å². The van der Waals surface area contributed by atoms with Crippen molar-refractivity contribution in [3.8, 4) is 0 Å². The average molecular weight is 279 g/mol. The molecular formula is C16H25NO3. The van der Waals surface area contributed by atoms with E-state index in [1.54, 1.807) is 6.20 Å². The highest BCUT2D eigenvalue weighted by Gasteiger charge is 2.22. The van der Waals surface area contributed by atoms with E-state index >= 15 is 0 Å². The predicted molar refractivity (Wildman–Crippen MR) is 80.4 cm³/mol. The fourth-order valence-electron chi connectivity index (χ4n) is 1.55. The SMILES string of the molecule is C=C1CC(C(C)(C)C)=CO1.CC(C)(C)c1c[nH]c(=O)o1. The second-order valence-electron chi connectivity index (χ2n) is 7.02. The van der Waals surface area contributed by atoms with Crippen LogP contribution in [-0.2, 0) is 10.2 Å². The molecule has 0 saturated heterocycles. The maximum Gasteiger partial charge on any atom is 0.416 e. The molecule has 0 saturated carbocycles. The van der Waals surface area contributed by atoms with Crippen LogP contribution in [0.3, 0.4) is 0 Å². The van der Waals surface area contributed by atoms with Gasteiger partial charge >= 0.3 is 5.76 Å². The van der Waals surface area contributed by atoms with Crippen molar-refractivity contribution < 1.29 is 9.15 Å². The predicted octanol–water partition coefficient (Wildman–Crippen LogP) is 4.12. The highest BCUT2D eigenvalue weighted by Crippen LogP contribution is 2.34. The van der Waals surface area contributed by atoms with Crippen LogP contribution in [0.15, 0.2) is 39.6 Å². The van der Waals surface area contributed by atoms with Crippen molar-refractivity contribution >= 4 is 0 Å². The molecule has 0 spiro atoms. The van der Waals surface area contributed by atoms with E-state index < -0.39 is 0 Å². The van der Waals surface area contributed by atoms with Gasteiger partial charge in [-0.15, -0.1) is 0 Å². The van der Waals surface area contributed by atoms with Gasteiger partial charge < -0.3 is 9.15 Å². The second kappa shape index (κ2) is 5.73. The lowest BCUT2D eigenvalue weighted by molar-refractivity contribution is 0.369. The Morgan fingerprint density at radius 3 is 1.95 bits per heavy atom. The Bertz CT molecular complexity index is 547. The largest absolute Gasteiger partial charge is 0.470 e. The minimum absolute atomic E-state index is 0.0842. The lowest BCUT2D eigenvalue weighted by atomic mass is 9.86. The summed E-state index contributed by atoms with van der Waals surface area (Å²) in [6, 6.07) is 0. The maximum atomic E-state index is 10.5. The first-order valence-electron chi connectivity index (χ1n) is 6.73. The molecule has 2 heterocycles. The summed E-state index contributed by atoms with van der Waals surface area (Å²) >= 11 is 0. The van der Waals surface area contributed by atoms with Gasteiger partial charge in [0, 0.05) is 18.0 Å². The van der Waals surface area contributed by atoms with Crippen LogP contribution >= 0.6 is 0 Å². The molecule has 112 valence electrons. The normalized spacial score (nSPS) is 15.3. The minimum Gasteiger partial charge on any atom is -0.470 e. The zero-order valence-electron chi connectivity index (χ0n) is 13.3. The molecular weight excluding hydrogens is 254 g/mol. The maximum absolute atomic E-state index is 10.5. The molecule has 1 aliphatic rings. The molecule has 0 amide bonds. The lowest BCUT2D eigenvalue weighted by Gasteiger charge is -2.17. The summed E-state index contributed by atoms with van der Waals surface area (Å²) in [6.07, 6.45) is 4.33. The van der Waals surface area contributed by atoms with Crippen LogP contribution in [0.1, 0.15) is 53.7 Å². The van der Waals surface area contributed by atoms with E-state index in [4.69, 9.17) is 9.15 Å². The first-order chi connectivity index (χ1) is 9.00. The topological polar surface area (TPSA) is 55.2 Å². The fraction of sp³-hybridized carbons (Fsp3) is 0.562. The number of nitrogens with one attached hydrogen (secondary N) is 1. The Morgan fingerprint density at radius 1 is 1.15 bits per heavy atom. The molecule has 0 atom stereocenters. The van der Waals surface area contributed by atoms with E-state index in [9.17, 15) is 4.79 Å². The molecule has 1 N–H and O–H groups in total. The number of allylic oxidation sites excluding steroid dienone is 1. The van der Waals surface area contributed by atoms with E-state index in [0.29, 0.717) is 5.76 Å². The third-order valence-electron chi connectivity index (χ3n) is 2.98. The summed E-state index contributed by atoms with van der Waals surface area (Å²) in [5.41, 5.74) is 1.48. The van der Waals surface area contributed by atoms with Gasteiger partial charge in [-0.05, 0) is 11.0 Å². The van der Waals surface area contributed by atoms with Crippen LogP contribution in [0.5, 0.6) is 0 Å². The summed E-state index contributed by atoms with van der Waals surface area (Å²) in [7, 11) is 0.